The van der Waals surface area contributed by atoms with Gasteiger partial charge in [0.15, 0.2) is 12.4 Å². The molecule has 8 heteroatoms. The summed E-state index contributed by atoms with van der Waals surface area (Å²) in [5.74, 6) is -0.583. The van der Waals surface area contributed by atoms with E-state index in [1.807, 2.05) is 0 Å². The van der Waals surface area contributed by atoms with E-state index in [4.69, 9.17) is 19.3 Å². The van der Waals surface area contributed by atoms with Gasteiger partial charge in [0.05, 0.1) is 19.8 Å². The van der Waals surface area contributed by atoms with Crippen molar-refractivity contribution in [3.8, 4) is 0 Å². The number of unbranched alkanes of at least 4 members (excludes halogenated alkanes) is 8. The second-order valence-corrected chi connectivity index (χ2v) is 7.37. The number of hydrogen-bond acceptors (Lipinski definition) is 8. The number of hydrogen-bond donors (Lipinski definition) is 4. The SMILES string of the molecule is CCCCCCCCCCCC(=O)O[C@@H]([C@H](O)[C@@H](O)C1OCCO1)[C@H](O)CO. The first-order valence-electron chi connectivity index (χ1n) is 10.6. The molecule has 0 aromatic heterocycles. The molecule has 1 saturated heterocycles. The Bertz CT molecular complexity index is 400. The molecule has 28 heavy (non-hydrogen) atoms. The summed E-state index contributed by atoms with van der Waals surface area (Å²) < 4.78 is 15.4. The van der Waals surface area contributed by atoms with Gasteiger partial charge in [-0.3, -0.25) is 4.79 Å². The van der Waals surface area contributed by atoms with E-state index in [0.29, 0.717) is 6.42 Å². The molecule has 1 rings (SSSR count). The fourth-order valence-electron chi connectivity index (χ4n) is 3.20. The van der Waals surface area contributed by atoms with Crippen molar-refractivity contribution in [2.75, 3.05) is 19.8 Å². The summed E-state index contributed by atoms with van der Waals surface area (Å²) in [6, 6.07) is 0. The predicted molar refractivity (Wildman–Crippen MR) is 103 cm³/mol. The van der Waals surface area contributed by atoms with Gasteiger partial charge >= 0.3 is 5.97 Å². The molecule has 166 valence electrons. The van der Waals surface area contributed by atoms with Gasteiger partial charge in [0.1, 0.15) is 18.3 Å². The Labute approximate surface area is 167 Å². The van der Waals surface area contributed by atoms with Gasteiger partial charge in [0.25, 0.3) is 0 Å². The number of esters is 1. The standard InChI is InChI=1S/C20H38O8/c1-2-3-4-5-6-7-8-9-10-11-16(23)28-19(15(22)14-21)17(24)18(25)20-26-12-13-27-20/h15,17-22,24-25H,2-14H2,1H3/t15-,17-,18-,19-/m1/s1. The van der Waals surface area contributed by atoms with Crippen LogP contribution >= 0.6 is 0 Å². The van der Waals surface area contributed by atoms with E-state index in [1.54, 1.807) is 0 Å². The van der Waals surface area contributed by atoms with E-state index in [0.717, 1.165) is 19.3 Å². The first-order valence-corrected chi connectivity index (χ1v) is 10.6. The maximum atomic E-state index is 12.1. The minimum atomic E-state index is -1.64. The van der Waals surface area contributed by atoms with E-state index in [2.05, 4.69) is 6.92 Å². The third-order valence-electron chi connectivity index (χ3n) is 4.93. The van der Waals surface area contributed by atoms with Gasteiger partial charge in [-0.15, -0.1) is 0 Å². The smallest absolute Gasteiger partial charge is 0.306 e. The molecule has 1 heterocycles. The second kappa shape index (κ2) is 15.1. The summed E-state index contributed by atoms with van der Waals surface area (Å²) in [7, 11) is 0. The van der Waals surface area contributed by atoms with E-state index < -0.39 is 43.3 Å². The molecular formula is C20H38O8. The maximum Gasteiger partial charge on any atom is 0.306 e. The van der Waals surface area contributed by atoms with E-state index in [-0.39, 0.29) is 19.6 Å². The topological polar surface area (TPSA) is 126 Å². The fourth-order valence-corrected chi connectivity index (χ4v) is 3.20. The maximum absolute atomic E-state index is 12.1. The summed E-state index contributed by atoms with van der Waals surface area (Å²) in [5, 5.41) is 39.4. The van der Waals surface area contributed by atoms with Crippen molar-refractivity contribution in [3.63, 3.8) is 0 Å². The predicted octanol–water partition coefficient (Wildman–Crippen LogP) is 1.27. The molecule has 0 aromatic rings. The Morgan fingerprint density at radius 1 is 0.964 bits per heavy atom. The summed E-state index contributed by atoms with van der Waals surface area (Å²) >= 11 is 0. The molecule has 0 spiro atoms. The van der Waals surface area contributed by atoms with E-state index in [9.17, 15) is 20.1 Å². The number of carbonyl (C=O) groups is 1. The molecule has 0 radical (unpaired) electrons. The second-order valence-electron chi connectivity index (χ2n) is 7.37. The Hall–Kier alpha value is -0.770. The Balaban J connectivity index is 2.29. The van der Waals surface area contributed by atoms with Crippen LogP contribution in [0.25, 0.3) is 0 Å². The lowest BCUT2D eigenvalue weighted by Crippen LogP contribution is -2.52. The van der Waals surface area contributed by atoms with Crippen LogP contribution in [0.2, 0.25) is 0 Å². The number of ether oxygens (including phenoxy) is 3. The summed E-state index contributed by atoms with van der Waals surface area (Å²) in [6.07, 6.45) is 3.02. The molecular weight excluding hydrogens is 368 g/mol. The molecule has 1 aliphatic heterocycles. The van der Waals surface area contributed by atoms with E-state index in [1.165, 1.54) is 32.1 Å². The molecule has 4 atom stereocenters. The highest BCUT2D eigenvalue weighted by molar-refractivity contribution is 5.69. The van der Waals surface area contributed by atoms with Crippen molar-refractivity contribution in [2.45, 2.75) is 102 Å². The molecule has 8 nitrogen and oxygen atoms in total. The summed E-state index contributed by atoms with van der Waals surface area (Å²) in [6.45, 7) is 2.03. The molecule has 1 aliphatic rings. The molecule has 0 unspecified atom stereocenters. The van der Waals surface area contributed by atoms with Gasteiger partial charge < -0.3 is 34.6 Å². The van der Waals surface area contributed by atoms with Crippen molar-refractivity contribution in [1.82, 2.24) is 0 Å². The Morgan fingerprint density at radius 3 is 2.04 bits per heavy atom. The highest BCUT2D eigenvalue weighted by atomic mass is 16.7. The molecule has 0 aliphatic carbocycles. The molecule has 0 aromatic carbocycles. The normalized spacial score (nSPS) is 19.3. The monoisotopic (exact) mass is 406 g/mol. The van der Waals surface area contributed by atoms with Crippen LogP contribution in [0.1, 0.15) is 71.1 Å². The van der Waals surface area contributed by atoms with Gasteiger partial charge in [-0.2, -0.15) is 0 Å². The van der Waals surface area contributed by atoms with Crippen molar-refractivity contribution in [1.29, 1.82) is 0 Å². The lowest BCUT2D eigenvalue weighted by molar-refractivity contribution is -0.203. The summed E-state index contributed by atoms with van der Waals surface area (Å²) in [5.41, 5.74) is 0. The van der Waals surface area contributed by atoms with Crippen LogP contribution in [0.4, 0.5) is 0 Å². The fraction of sp³-hybridized carbons (Fsp3) is 0.950. The van der Waals surface area contributed by atoms with Crippen LogP contribution in [0, 0.1) is 0 Å². The minimum Gasteiger partial charge on any atom is -0.457 e. The van der Waals surface area contributed by atoms with Crippen LogP contribution < -0.4 is 0 Å². The zero-order valence-corrected chi connectivity index (χ0v) is 17.0. The first-order chi connectivity index (χ1) is 13.5. The van der Waals surface area contributed by atoms with Crippen molar-refractivity contribution in [2.24, 2.45) is 0 Å². The lowest BCUT2D eigenvalue weighted by Gasteiger charge is -2.31. The van der Waals surface area contributed by atoms with Crippen LogP contribution in [-0.4, -0.2) is 76.9 Å². The van der Waals surface area contributed by atoms with Crippen molar-refractivity contribution < 1.29 is 39.4 Å². The van der Waals surface area contributed by atoms with E-state index >= 15 is 0 Å². The van der Waals surface area contributed by atoms with Crippen LogP contribution in [0.15, 0.2) is 0 Å². The molecule has 4 N–H and O–H groups in total. The number of aliphatic hydroxyl groups excluding tert-OH is 4. The van der Waals surface area contributed by atoms with Gasteiger partial charge in [0, 0.05) is 6.42 Å². The number of rotatable bonds is 16. The highest BCUT2D eigenvalue weighted by Gasteiger charge is 2.40. The Kier molecular flexibility index (Phi) is 13.6. The van der Waals surface area contributed by atoms with Crippen molar-refractivity contribution >= 4 is 5.97 Å². The average molecular weight is 407 g/mol. The lowest BCUT2D eigenvalue weighted by atomic mass is 10.0. The molecule has 0 saturated carbocycles. The average Bonchev–Trinajstić information content (AvgIpc) is 3.24. The molecule has 0 bridgehead atoms. The quantitative estimate of drug-likeness (QED) is 0.223. The number of aliphatic hydroxyl groups is 4. The Morgan fingerprint density at radius 2 is 1.50 bits per heavy atom. The largest absolute Gasteiger partial charge is 0.457 e. The van der Waals surface area contributed by atoms with Gasteiger partial charge in [-0.1, -0.05) is 58.3 Å². The first kappa shape index (κ1) is 25.3. The van der Waals surface area contributed by atoms with Gasteiger partial charge in [-0.05, 0) is 6.42 Å². The zero-order valence-electron chi connectivity index (χ0n) is 17.0. The van der Waals surface area contributed by atoms with Crippen LogP contribution in [0.5, 0.6) is 0 Å². The summed E-state index contributed by atoms with van der Waals surface area (Å²) in [4.78, 5) is 12.1. The van der Waals surface area contributed by atoms with Crippen LogP contribution in [0.3, 0.4) is 0 Å². The third-order valence-corrected chi connectivity index (χ3v) is 4.93. The van der Waals surface area contributed by atoms with Crippen LogP contribution in [-0.2, 0) is 19.0 Å². The minimum absolute atomic E-state index is 0.156. The third kappa shape index (κ3) is 9.62. The van der Waals surface area contributed by atoms with Crippen molar-refractivity contribution in [3.05, 3.63) is 0 Å². The highest BCUT2D eigenvalue weighted by Crippen LogP contribution is 2.18. The van der Waals surface area contributed by atoms with Gasteiger partial charge in [0.2, 0.25) is 0 Å². The number of carbonyl (C=O) groups excluding carboxylic acids is 1. The molecule has 0 amide bonds. The molecule has 1 fully saturated rings. The zero-order chi connectivity index (χ0) is 20.8. The van der Waals surface area contributed by atoms with Gasteiger partial charge in [-0.25, -0.2) is 0 Å².